The molecule has 0 fully saturated rings. The van der Waals surface area contributed by atoms with Gasteiger partial charge in [0.15, 0.2) is 0 Å². The van der Waals surface area contributed by atoms with E-state index in [1.54, 1.807) is 0 Å². The first-order valence-corrected chi connectivity index (χ1v) is 7.24. The zero-order valence-electron chi connectivity index (χ0n) is 9.97. The van der Waals surface area contributed by atoms with Crippen molar-refractivity contribution in [2.45, 2.75) is 19.2 Å². The predicted molar refractivity (Wildman–Crippen MR) is 70.8 cm³/mol. The normalized spacial score (nSPS) is 18.6. The third kappa shape index (κ3) is 1.92. The summed E-state index contributed by atoms with van der Waals surface area (Å²) in [5.74, 6) is 1.98. The van der Waals surface area contributed by atoms with Gasteiger partial charge in [0, 0.05) is 35.7 Å². The van der Waals surface area contributed by atoms with E-state index in [0.29, 0.717) is 11.5 Å². The Kier molecular flexibility index (Phi) is 2.66. The van der Waals surface area contributed by atoms with Gasteiger partial charge in [-0.3, -0.25) is 9.00 Å². The molecule has 1 N–H and O–H groups in total. The minimum atomic E-state index is -0.796. The first-order chi connectivity index (χ1) is 8.63. The summed E-state index contributed by atoms with van der Waals surface area (Å²) < 4.78 is 13.6. The van der Waals surface area contributed by atoms with Gasteiger partial charge >= 0.3 is 0 Å². The number of fused-ring (bicyclic) bond motifs is 3. The molecule has 0 saturated carbocycles. The number of aryl methyl sites for hydroxylation is 1. The zero-order chi connectivity index (χ0) is 12.7. The molecular formula is C12H13N3O2S. The van der Waals surface area contributed by atoms with Crippen LogP contribution in [0.5, 0.6) is 0 Å². The molecule has 2 heterocycles. The summed E-state index contributed by atoms with van der Waals surface area (Å²) in [5, 5.41) is 2.74. The lowest BCUT2D eigenvalue weighted by molar-refractivity contribution is -0.114. The molecule has 0 spiro atoms. The van der Waals surface area contributed by atoms with Crippen molar-refractivity contribution in [1.82, 2.24) is 9.55 Å². The Bertz CT molecular complexity index is 663. The smallest absolute Gasteiger partial charge is 0.221 e. The fraction of sp³-hybridized carbons (Fsp3) is 0.333. The molecule has 0 aliphatic carbocycles. The first-order valence-electron chi connectivity index (χ1n) is 5.75. The van der Waals surface area contributed by atoms with E-state index in [4.69, 9.17) is 0 Å². The summed E-state index contributed by atoms with van der Waals surface area (Å²) in [6.45, 7) is 2.23. The number of imidazole rings is 1. The summed E-state index contributed by atoms with van der Waals surface area (Å²) in [4.78, 5) is 15.5. The maximum atomic E-state index is 11.5. The van der Waals surface area contributed by atoms with Crippen LogP contribution in [-0.4, -0.2) is 25.4 Å². The van der Waals surface area contributed by atoms with E-state index in [9.17, 15) is 9.00 Å². The molecule has 1 aliphatic heterocycles. The van der Waals surface area contributed by atoms with Crippen LogP contribution in [0.1, 0.15) is 12.7 Å². The second-order valence-corrected chi connectivity index (χ2v) is 5.93. The minimum absolute atomic E-state index is 0.0978. The topological polar surface area (TPSA) is 64.0 Å². The van der Waals surface area contributed by atoms with Gasteiger partial charge in [-0.15, -0.1) is 0 Å². The number of hydrogen-bond donors (Lipinski definition) is 1. The Labute approximate surface area is 107 Å². The van der Waals surface area contributed by atoms with E-state index < -0.39 is 10.8 Å². The van der Waals surface area contributed by atoms with Gasteiger partial charge < -0.3 is 9.88 Å². The summed E-state index contributed by atoms with van der Waals surface area (Å²) in [5.41, 5.74) is 2.62. The largest absolute Gasteiger partial charge is 0.326 e. The Hall–Kier alpha value is -1.69. The van der Waals surface area contributed by atoms with Crippen LogP contribution >= 0.6 is 0 Å². The lowest BCUT2D eigenvalue weighted by atomic mass is 10.2. The second-order valence-electron chi connectivity index (χ2n) is 4.35. The van der Waals surface area contributed by atoms with E-state index in [-0.39, 0.29) is 5.91 Å². The number of anilines is 1. The number of rotatable bonds is 1. The molecule has 1 atom stereocenters. The zero-order valence-corrected chi connectivity index (χ0v) is 10.8. The maximum Gasteiger partial charge on any atom is 0.221 e. The fourth-order valence-electron chi connectivity index (χ4n) is 2.23. The van der Waals surface area contributed by atoms with Crippen LogP contribution in [0.15, 0.2) is 18.2 Å². The molecule has 6 heteroatoms. The minimum Gasteiger partial charge on any atom is -0.326 e. The standard InChI is InChI=1S/C12H13N3O2S/c1-8(16)13-9-2-3-11-10(6-9)14-12-7-18(17)5-4-15(11)12/h2-3,6H,4-5,7H2,1H3,(H,13,16). The molecule has 94 valence electrons. The lowest BCUT2D eigenvalue weighted by Gasteiger charge is -2.13. The highest BCUT2D eigenvalue weighted by Gasteiger charge is 2.18. The molecule has 1 amide bonds. The van der Waals surface area contributed by atoms with Crippen LogP contribution in [0.25, 0.3) is 11.0 Å². The number of carbonyl (C=O) groups is 1. The van der Waals surface area contributed by atoms with Gasteiger partial charge in [-0.25, -0.2) is 4.98 Å². The van der Waals surface area contributed by atoms with Crippen LogP contribution < -0.4 is 5.32 Å². The molecule has 0 radical (unpaired) electrons. The highest BCUT2D eigenvalue weighted by molar-refractivity contribution is 7.84. The molecule has 3 rings (SSSR count). The Morgan fingerprint density at radius 1 is 1.50 bits per heavy atom. The molecule has 5 nitrogen and oxygen atoms in total. The third-order valence-electron chi connectivity index (χ3n) is 2.98. The van der Waals surface area contributed by atoms with Gasteiger partial charge in [0.25, 0.3) is 0 Å². The van der Waals surface area contributed by atoms with Gasteiger partial charge in [-0.2, -0.15) is 0 Å². The molecular weight excluding hydrogens is 250 g/mol. The van der Waals surface area contributed by atoms with Gasteiger partial charge in [-0.1, -0.05) is 0 Å². The molecule has 1 aromatic carbocycles. The van der Waals surface area contributed by atoms with Gasteiger partial charge in [0.1, 0.15) is 5.82 Å². The monoisotopic (exact) mass is 263 g/mol. The van der Waals surface area contributed by atoms with Gasteiger partial charge in [-0.05, 0) is 18.2 Å². The molecule has 0 saturated heterocycles. The van der Waals surface area contributed by atoms with Gasteiger partial charge in [0.05, 0.1) is 16.8 Å². The number of hydrogen-bond acceptors (Lipinski definition) is 3. The van der Waals surface area contributed by atoms with Crippen molar-refractivity contribution in [2.24, 2.45) is 0 Å². The third-order valence-corrected chi connectivity index (χ3v) is 4.20. The van der Waals surface area contributed by atoms with E-state index in [1.165, 1.54) is 6.92 Å². The number of aromatic nitrogens is 2. The van der Waals surface area contributed by atoms with Crippen molar-refractivity contribution in [2.75, 3.05) is 11.1 Å². The number of nitrogens with one attached hydrogen (secondary N) is 1. The SMILES string of the molecule is CC(=O)Nc1ccc2c(c1)nc1n2CCS(=O)C1. The van der Waals surface area contributed by atoms with Crippen molar-refractivity contribution in [3.63, 3.8) is 0 Å². The van der Waals surface area contributed by atoms with E-state index in [0.717, 1.165) is 29.1 Å². The highest BCUT2D eigenvalue weighted by Crippen LogP contribution is 2.23. The van der Waals surface area contributed by atoms with Crippen LogP contribution in [0.3, 0.4) is 0 Å². The van der Waals surface area contributed by atoms with Crippen molar-refractivity contribution >= 4 is 33.4 Å². The molecule has 1 unspecified atom stereocenters. The summed E-state index contributed by atoms with van der Waals surface area (Å²) >= 11 is 0. The van der Waals surface area contributed by atoms with Gasteiger partial charge in [0.2, 0.25) is 5.91 Å². The Morgan fingerprint density at radius 3 is 3.11 bits per heavy atom. The summed E-state index contributed by atoms with van der Waals surface area (Å²) in [7, 11) is -0.796. The average Bonchev–Trinajstić information content (AvgIpc) is 2.64. The fourth-order valence-corrected chi connectivity index (χ4v) is 3.27. The van der Waals surface area contributed by atoms with Crippen molar-refractivity contribution < 1.29 is 9.00 Å². The first kappa shape index (κ1) is 11.4. The Morgan fingerprint density at radius 2 is 2.33 bits per heavy atom. The lowest BCUT2D eigenvalue weighted by Crippen LogP contribution is -2.19. The number of benzene rings is 1. The molecule has 2 aromatic rings. The van der Waals surface area contributed by atoms with E-state index in [1.807, 2.05) is 18.2 Å². The van der Waals surface area contributed by atoms with Crippen molar-refractivity contribution in [1.29, 1.82) is 0 Å². The van der Waals surface area contributed by atoms with Crippen LogP contribution in [0.2, 0.25) is 0 Å². The Balaban J connectivity index is 2.08. The maximum absolute atomic E-state index is 11.5. The average molecular weight is 263 g/mol. The van der Waals surface area contributed by atoms with Crippen LogP contribution in [0.4, 0.5) is 5.69 Å². The molecule has 18 heavy (non-hydrogen) atoms. The van der Waals surface area contributed by atoms with Crippen molar-refractivity contribution in [3.05, 3.63) is 24.0 Å². The number of nitrogens with zero attached hydrogens (tertiary/aromatic N) is 2. The summed E-state index contributed by atoms with van der Waals surface area (Å²) in [6.07, 6.45) is 0. The van der Waals surface area contributed by atoms with Crippen LogP contribution in [-0.2, 0) is 27.9 Å². The highest BCUT2D eigenvalue weighted by atomic mass is 32.2. The van der Waals surface area contributed by atoms with E-state index >= 15 is 0 Å². The van der Waals surface area contributed by atoms with Crippen molar-refractivity contribution in [3.8, 4) is 0 Å². The van der Waals surface area contributed by atoms with E-state index in [2.05, 4.69) is 14.9 Å². The molecule has 1 aliphatic rings. The molecule has 0 bridgehead atoms. The van der Waals surface area contributed by atoms with Crippen LogP contribution in [0, 0.1) is 0 Å². The molecule has 1 aromatic heterocycles. The predicted octanol–water partition coefficient (Wildman–Crippen LogP) is 1.26. The summed E-state index contributed by atoms with van der Waals surface area (Å²) in [6, 6.07) is 5.67. The number of carbonyl (C=O) groups excluding carboxylic acids is 1. The number of amides is 1. The second kappa shape index (κ2) is 4.20. The quantitative estimate of drug-likeness (QED) is 0.842.